The lowest BCUT2D eigenvalue weighted by Crippen LogP contribution is -2.32. The fraction of sp³-hybridized carbons (Fsp3) is 0.857. The van der Waals surface area contributed by atoms with Crippen molar-refractivity contribution in [2.45, 2.75) is 65.1 Å². The molecular formula is C14H25NO4. The minimum absolute atomic E-state index is 0.0238. The summed E-state index contributed by atoms with van der Waals surface area (Å²) in [6, 6.07) is 0. The van der Waals surface area contributed by atoms with E-state index < -0.39 is 11.4 Å². The molecule has 0 bridgehead atoms. The van der Waals surface area contributed by atoms with E-state index in [4.69, 9.17) is 9.84 Å². The Kier molecular flexibility index (Phi) is 5.79. The third-order valence-corrected chi connectivity index (χ3v) is 3.66. The van der Waals surface area contributed by atoms with E-state index in [1.807, 2.05) is 6.92 Å². The van der Waals surface area contributed by atoms with Crippen molar-refractivity contribution in [3.8, 4) is 0 Å². The normalized spacial score (nSPS) is 23.3. The van der Waals surface area contributed by atoms with E-state index in [0.29, 0.717) is 25.5 Å². The zero-order chi connectivity index (χ0) is 14.5. The van der Waals surface area contributed by atoms with Crippen LogP contribution in [0.4, 0.5) is 0 Å². The highest BCUT2D eigenvalue weighted by Gasteiger charge is 2.26. The van der Waals surface area contributed by atoms with E-state index >= 15 is 0 Å². The van der Waals surface area contributed by atoms with E-state index in [0.717, 1.165) is 19.3 Å². The van der Waals surface area contributed by atoms with Crippen LogP contribution in [0.1, 0.15) is 52.9 Å². The van der Waals surface area contributed by atoms with Crippen LogP contribution in [0, 0.1) is 5.41 Å². The molecule has 1 aliphatic heterocycles. The monoisotopic (exact) mass is 271 g/mol. The lowest BCUT2D eigenvalue weighted by molar-refractivity contribution is -0.147. The number of ether oxygens (including phenoxy) is 1. The molecule has 5 heteroatoms. The Labute approximate surface area is 114 Å². The number of carbonyl (C=O) groups is 2. The van der Waals surface area contributed by atoms with Crippen LogP contribution in [-0.4, -0.2) is 35.7 Å². The maximum atomic E-state index is 11.6. The van der Waals surface area contributed by atoms with Gasteiger partial charge in [-0.05, 0) is 46.5 Å². The number of nitrogens with one attached hydrogen (secondary N) is 1. The van der Waals surface area contributed by atoms with Crippen molar-refractivity contribution in [3.63, 3.8) is 0 Å². The number of carboxylic acid groups (broad SMARTS) is 1. The third-order valence-electron chi connectivity index (χ3n) is 3.66. The smallest absolute Gasteiger partial charge is 0.309 e. The highest BCUT2D eigenvalue weighted by molar-refractivity contribution is 5.76. The lowest BCUT2D eigenvalue weighted by Gasteiger charge is -2.19. The molecular weight excluding hydrogens is 246 g/mol. The second-order valence-corrected chi connectivity index (χ2v) is 5.97. The van der Waals surface area contributed by atoms with Crippen LogP contribution in [0.15, 0.2) is 0 Å². The number of hydrogen-bond acceptors (Lipinski definition) is 3. The van der Waals surface area contributed by atoms with Gasteiger partial charge < -0.3 is 15.2 Å². The Balaban J connectivity index is 2.13. The molecule has 2 atom stereocenters. The first-order chi connectivity index (χ1) is 8.81. The van der Waals surface area contributed by atoms with Crippen LogP contribution in [0.2, 0.25) is 0 Å². The summed E-state index contributed by atoms with van der Waals surface area (Å²) in [6.45, 7) is 5.78. The molecule has 0 aromatic carbocycles. The van der Waals surface area contributed by atoms with Gasteiger partial charge in [0.05, 0.1) is 17.6 Å². The summed E-state index contributed by atoms with van der Waals surface area (Å²) in [6.07, 6.45) is 4.24. The number of hydrogen-bond donors (Lipinski definition) is 2. The summed E-state index contributed by atoms with van der Waals surface area (Å²) in [5.41, 5.74) is -0.794. The van der Waals surface area contributed by atoms with Gasteiger partial charge in [-0.25, -0.2) is 0 Å². The van der Waals surface area contributed by atoms with Crippen LogP contribution < -0.4 is 5.32 Å². The molecule has 1 saturated heterocycles. The molecule has 1 heterocycles. The largest absolute Gasteiger partial charge is 0.481 e. The quantitative estimate of drug-likeness (QED) is 0.742. The second-order valence-electron chi connectivity index (χ2n) is 5.97. The van der Waals surface area contributed by atoms with Crippen LogP contribution in [0.5, 0.6) is 0 Å². The van der Waals surface area contributed by atoms with E-state index in [9.17, 15) is 9.59 Å². The van der Waals surface area contributed by atoms with Crippen molar-refractivity contribution in [2.75, 3.05) is 6.54 Å². The van der Waals surface area contributed by atoms with Gasteiger partial charge >= 0.3 is 5.97 Å². The molecule has 0 aromatic heterocycles. The van der Waals surface area contributed by atoms with E-state index in [2.05, 4.69) is 5.32 Å². The zero-order valence-corrected chi connectivity index (χ0v) is 12.1. The Hall–Kier alpha value is -1.10. The average molecular weight is 271 g/mol. The minimum Gasteiger partial charge on any atom is -0.481 e. The van der Waals surface area contributed by atoms with Crippen molar-refractivity contribution in [3.05, 3.63) is 0 Å². The van der Waals surface area contributed by atoms with Crippen molar-refractivity contribution >= 4 is 11.9 Å². The molecule has 1 amide bonds. The fourth-order valence-corrected chi connectivity index (χ4v) is 2.10. The standard InChI is InChI=1S/C14H25NO4/c1-10-4-5-11(19-10)6-7-12(16)15-9-8-14(2,3)13(17)18/h10-11H,4-9H2,1-3H3,(H,15,16)(H,17,18). The highest BCUT2D eigenvalue weighted by atomic mass is 16.5. The molecule has 110 valence electrons. The molecule has 2 unspecified atom stereocenters. The maximum Gasteiger partial charge on any atom is 0.309 e. The predicted molar refractivity (Wildman–Crippen MR) is 71.8 cm³/mol. The summed E-state index contributed by atoms with van der Waals surface area (Å²) in [5, 5.41) is 11.7. The predicted octanol–water partition coefficient (Wildman–Crippen LogP) is 1.95. The minimum atomic E-state index is -0.838. The average Bonchev–Trinajstić information content (AvgIpc) is 2.72. The number of amides is 1. The Morgan fingerprint density at radius 2 is 2.05 bits per heavy atom. The third kappa shape index (κ3) is 5.59. The summed E-state index contributed by atoms with van der Waals surface area (Å²) in [4.78, 5) is 22.5. The molecule has 0 aromatic rings. The molecule has 19 heavy (non-hydrogen) atoms. The van der Waals surface area contributed by atoms with Crippen LogP contribution in [0.25, 0.3) is 0 Å². The SMILES string of the molecule is CC1CCC(CCC(=O)NCCC(C)(C)C(=O)O)O1. The van der Waals surface area contributed by atoms with Gasteiger partial charge in [0.15, 0.2) is 0 Å². The number of carbonyl (C=O) groups excluding carboxylic acids is 1. The van der Waals surface area contributed by atoms with E-state index in [-0.39, 0.29) is 12.0 Å². The Morgan fingerprint density at radius 1 is 1.37 bits per heavy atom. The van der Waals surface area contributed by atoms with Crippen molar-refractivity contribution in [2.24, 2.45) is 5.41 Å². The van der Waals surface area contributed by atoms with Crippen molar-refractivity contribution < 1.29 is 19.4 Å². The van der Waals surface area contributed by atoms with Gasteiger partial charge in [0.25, 0.3) is 0 Å². The van der Waals surface area contributed by atoms with E-state index in [1.165, 1.54) is 0 Å². The van der Waals surface area contributed by atoms with Crippen LogP contribution in [0.3, 0.4) is 0 Å². The molecule has 5 nitrogen and oxygen atoms in total. The molecule has 1 fully saturated rings. The second kappa shape index (κ2) is 6.89. The van der Waals surface area contributed by atoms with Gasteiger partial charge in [-0.2, -0.15) is 0 Å². The zero-order valence-electron chi connectivity index (χ0n) is 12.1. The topological polar surface area (TPSA) is 75.6 Å². The first-order valence-electron chi connectivity index (χ1n) is 6.97. The molecule has 1 aliphatic rings. The van der Waals surface area contributed by atoms with E-state index in [1.54, 1.807) is 13.8 Å². The van der Waals surface area contributed by atoms with Gasteiger partial charge in [0.2, 0.25) is 5.91 Å². The lowest BCUT2D eigenvalue weighted by atomic mass is 9.90. The highest BCUT2D eigenvalue weighted by Crippen LogP contribution is 2.22. The number of aliphatic carboxylic acids is 1. The summed E-state index contributed by atoms with van der Waals surface area (Å²) >= 11 is 0. The molecule has 2 N–H and O–H groups in total. The maximum absolute atomic E-state index is 11.6. The Morgan fingerprint density at radius 3 is 2.58 bits per heavy atom. The first-order valence-corrected chi connectivity index (χ1v) is 6.97. The van der Waals surface area contributed by atoms with Crippen molar-refractivity contribution in [1.82, 2.24) is 5.32 Å². The first kappa shape index (κ1) is 16.0. The summed E-state index contributed by atoms with van der Waals surface area (Å²) in [7, 11) is 0. The Bertz CT molecular complexity index is 327. The molecule has 0 spiro atoms. The van der Waals surface area contributed by atoms with Gasteiger partial charge in [-0.15, -0.1) is 0 Å². The number of carboxylic acids is 1. The van der Waals surface area contributed by atoms with Crippen molar-refractivity contribution in [1.29, 1.82) is 0 Å². The molecule has 0 aliphatic carbocycles. The molecule has 0 saturated carbocycles. The van der Waals surface area contributed by atoms with Gasteiger partial charge in [0, 0.05) is 13.0 Å². The van der Waals surface area contributed by atoms with Gasteiger partial charge in [0.1, 0.15) is 0 Å². The van der Waals surface area contributed by atoms with Crippen LogP contribution >= 0.6 is 0 Å². The number of rotatable bonds is 7. The summed E-state index contributed by atoms with van der Waals surface area (Å²) < 4.78 is 5.64. The van der Waals surface area contributed by atoms with Crippen LogP contribution in [-0.2, 0) is 14.3 Å². The molecule has 0 radical (unpaired) electrons. The summed E-state index contributed by atoms with van der Waals surface area (Å²) in [5.74, 6) is -0.862. The molecule has 1 rings (SSSR count). The van der Waals surface area contributed by atoms with Gasteiger partial charge in [-0.1, -0.05) is 0 Å². The van der Waals surface area contributed by atoms with Gasteiger partial charge in [-0.3, -0.25) is 9.59 Å². The fourth-order valence-electron chi connectivity index (χ4n) is 2.10.